The molecule has 0 nitrogen and oxygen atoms in total. The zero-order chi connectivity index (χ0) is 8.55. The predicted molar refractivity (Wildman–Crippen MR) is 49.9 cm³/mol. The first-order valence-corrected chi connectivity index (χ1v) is 4.89. The van der Waals surface area contributed by atoms with Crippen molar-refractivity contribution in [3.05, 3.63) is 6.42 Å². The zero-order valence-corrected chi connectivity index (χ0v) is 11.3. The number of alkyl halides is 2. The molecule has 0 radical (unpaired) electrons. The van der Waals surface area contributed by atoms with Crippen molar-refractivity contribution in [1.29, 1.82) is 0 Å². The summed E-state index contributed by atoms with van der Waals surface area (Å²) in [4.78, 5) is 0. The average Bonchev–Trinajstić information content (AvgIpc) is 2.12. The topological polar surface area (TPSA) is 0 Å². The van der Waals surface area contributed by atoms with Gasteiger partial charge in [-0.2, -0.15) is 12.8 Å². The molecule has 4 unspecified atom stereocenters. The Morgan fingerprint density at radius 2 is 1.79 bits per heavy atom. The van der Waals surface area contributed by atoms with Crippen molar-refractivity contribution in [2.75, 3.05) is 0 Å². The second-order valence-corrected chi connectivity index (χ2v) is 4.06. The van der Waals surface area contributed by atoms with E-state index in [9.17, 15) is 8.78 Å². The smallest absolute Gasteiger partial charge is 1.00 e. The molecule has 2 rings (SSSR count). The van der Waals surface area contributed by atoms with Crippen molar-refractivity contribution in [3.8, 4) is 0 Å². The Kier molecular flexibility index (Phi) is 7.16. The van der Waals surface area contributed by atoms with Crippen LogP contribution in [0.1, 0.15) is 32.1 Å². The molecule has 0 aliphatic heterocycles. The van der Waals surface area contributed by atoms with E-state index < -0.39 is 12.3 Å². The molecular formula is C10H15BrF2Mg. The van der Waals surface area contributed by atoms with Gasteiger partial charge in [-0.25, -0.2) is 8.78 Å². The molecule has 0 saturated heterocycles. The van der Waals surface area contributed by atoms with E-state index >= 15 is 0 Å². The van der Waals surface area contributed by atoms with Crippen molar-refractivity contribution in [2.45, 2.75) is 44.4 Å². The van der Waals surface area contributed by atoms with Gasteiger partial charge in [-0.15, -0.1) is 0 Å². The third-order valence-corrected chi connectivity index (χ3v) is 3.35. The van der Waals surface area contributed by atoms with E-state index in [-0.39, 0.29) is 46.0 Å². The summed E-state index contributed by atoms with van der Waals surface area (Å²) in [5.41, 5.74) is 0. The van der Waals surface area contributed by atoms with Crippen LogP contribution in [0.3, 0.4) is 0 Å². The third kappa shape index (κ3) is 3.05. The average molecular weight is 277 g/mol. The summed E-state index contributed by atoms with van der Waals surface area (Å²) < 4.78 is 26.3. The fraction of sp³-hybridized carbons (Fsp3) is 0.900. The maximum absolute atomic E-state index is 13.3. The van der Waals surface area contributed by atoms with Crippen LogP contribution in [0.2, 0.25) is 0 Å². The summed E-state index contributed by atoms with van der Waals surface area (Å²) in [6.07, 6.45) is 4.07. The standard InChI is InChI=1S/C10H15F2.BrH.Mg/c11-9-6-5-7-3-1-2-4-8(7)10(9)12;;/h1,7-10H,2-6H2;1H;/q-1;;+2/p-1. The first-order valence-electron chi connectivity index (χ1n) is 4.89. The first-order chi connectivity index (χ1) is 5.79. The number of hydrogen-bond acceptors (Lipinski definition) is 0. The minimum atomic E-state index is -1.18. The molecule has 0 aromatic rings. The van der Waals surface area contributed by atoms with Crippen LogP contribution >= 0.6 is 0 Å². The molecule has 0 heterocycles. The van der Waals surface area contributed by atoms with E-state index in [4.69, 9.17) is 0 Å². The third-order valence-electron chi connectivity index (χ3n) is 3.35. The Morgan fingerprint density at radius 3 is 2.50 bits per heavy atom. The maximum atomic E-state index is 13.3. The van der Waals surface area contributed by atoms with E-state index in [1.165, 1.54) is 0 Å². The quantitative estimate of drug-likeness (QED) is 0.421. The van der Waals surface area contributed by atoms with Gasteiger partial charge in [0.25, 0.3) is 0 Å². The van der Waals surface area contributed by atoms with Gasteiger partial charge in [0.1, 0.15) is 12.3 Å². The monoisotopic (exact) mass is 276 g/mol. The van der Waals surface area contributed by atoms with Gasteiger partial charge < -0.3 is 23.4 Å². The molecule has 0 spiro atoms. The zero-order valence-electron chi connectivity index (χ0n) is 8.26. The fourth-order valence-electron chi connectivity index (χ4n) is 2.60. The maximum Gasteiger partial charge on any atom is 2.00 e. The van der Waals surface area contributed by atoms with E-state index in [1.807, 2.05) is 0 Å². The Labute approximate surface area is 111 Å². The van der Waals surface area contributed by atoms with Crippen LogP contribution in [0.5, 0.6) is 0 Å². The van der Waals surface area contributed by atoms with Gasteiger partial charge in [0.05, 0.1) is 0 Å². The van der Waals surface area contributed by atoms with Crippen LogP contribution < -0.4 is 17.0 Å². The molecule has 2 aliphatic rings. The van der Waals surface area contributed by atoms with Crippen molar-refractivity contribution in [3.63, 3.8) is 0 Å². The molecular weight excluding hydrogens is 262 g/mol. The Hall–Kier alpha value is 1.11. The summed E-state index contributed by atoms with van der Waals surface area (Å²) in [5, 5.41) is 0. The molecule has 2 saturated carbocycles. The molecule has 4 atom stereocenters. The van der Waals surface area contributed by atoms with Gasteiger partial charge in [-0.1, -0.05) is 12.3 Å². The van der Waals surface area contributed by atoms with Gasteiger partial charge in [0.2, 0.25) is 0 Å². The van der Waals surface area contributed by atoms with Gasteiger partial charge in [-0.05, 0) is 18.8 Å². The van der Waals surface area contributed by atoms with Crippen molar-refractivity contribution < 1.29 is 25.8 Å². The van der Waals surface area contributed by atoms with Gasteiger partial charge in [-0.3, -0.25) is 0 Å². The Balaban J connectivity index is 0.000000845. The van der Waals surface area contributed by atoms with E-state index in [0.29, 0.717) is 12.3 Å². The largest absolute Gasteiger partial charge is 2.00 e. The number of rotatable bonds is 0. The van der Waals surface area contributed by atoms with Crippen molar-refractivity contribution in [1.82, 2.24) is 0 Å². The fourth-order valence-corrected chi connectivity index (χ4v) is 2.60. The molecule has 78 valence electrons. The summed E-state index contributed by atoms with van der Waals surface area (Å²) in [6, 6.07) is 0. The van der Waals surface area contributed by atoms with E-state index in [2.05, 4.69) is 6.42 Å². The van der Waals surface area contributed by atoms with E-state index in [1.54, 1.807) is 0 Å². The summed E-state index contributed by atoms with van der Waals surface area (Å²) in [7, 11) is 0. The Bertz CT molecular complexity index is 166. The summed E-state index contributed by atoms with van der Waals surface area (Å²) >= 11 is 0. The minimum absolute atomic E-state index is 0. The molecule has 2 fully saturated rings. The van der Waals surface area contributed by atoms with Crippen LogP contribution in [0.4, 0.5) is 8.78 Å². The van der Waals surface area contributed by atoms with Crippen molar-refractivity contribution in [2.24, 2.45) is 11.8 Å². The number of hydrogen-bond donors (Lipinski definition) is 0. The van der Waals surface area contributed by atoms with Crippen LogP contribution in [0.25, 0.3) is 0 Å². The van der Waals surface area contributed by atoms with Gasteiger partial charge in [0, 0.05) is 0 Å². The summed E-state index contributed by atoms with van der Waals surface area (Å²) in [5.74, 6) is 0.472. The molecule has 0 aromatic heterocycles. The van der Waals surface area contributed by atoms with Gasteiger partial charge >= 0.3 is 23.1 Å². The second kappa shape index (κ2) is 6.64. The summed E-state index contributed by atoms with van der Waals surface area (Å²) in [6.45, 7) is 0. The van der Waals surface area contributed by atoms with Crippen LogP contribution in [-0.2, 0) is 0 Å². The molecule has 0 aromatic carbocycles. The second-order valence-electron chi connectivity index (χ2n) is 4.06. The predicted octanol–water partition coefficient (Wildman–Crippen LogP) is -0.300. The molecule has 14 heavy (non-hydrogen) atoms. The van der Waals surface area contributed by atoms with E-state index in [0.717, 1.165) is 25.7 Å². The molecule has 4 heteroatoms. The molecule has 2 aliphatic carbocycles. The Morgan fingerprint density at radius 1 is 1.07 bits per heavy atom. The van der Waals surface area contributed by atoms with Crippen molar-refractivity contribution >= 4 is 23.1 Å². The molecule has 0 bridgehead atoms. The van der Waals surface area contributed by atoms with Gasteiger partial charge in [0.15, 0.2) is 0 Å². The normalized spacial score (nSPS) is 41.6. The number of fused-ring (bicyclic) bond motifs is 1. The first kappa shape index (κ1) is 15.1. The molecule has 0 N–H and O–H groups in total. The van der Waals surface area contributed by atoms with Crippen LogP contribution in [0.15, 0.2) is 0 Å². The van der Waals surface area contributed by atoms with Crippen LogP contribution in [0, 0.1) is 18.3 Å². The minimum Gasteiger partial charge on any atom is -1.00 e. The SMILES string of the molecule is FC1CCC2C[CH-]CCC2C1F.[Br-].[Mg+2]. The number of halogens is 3. The molecule has 0 amide bonds. The van der Waals surface area contributed by atoms with Crippen LogP contribution in [-0.4, -0.2) is 35.4 Å².